The number of pyridine rings is 2. The summed E-state index contributed by atoms with van der Waals surface area (Å²) in [5.41, 5.74) is 2.06. The van der Waals surface area contributed by atoms with Gasteiger partial charge in [0.05, 0.1) is 17.7 Å². The Balaban J connectivity index is 1.56. The molecule has 30 heavy (non-hydrogen) atoms. The van der Waals surface area contributed by atoms with Crippen molar-refractivity contribution >= 4 is 28.8 Å². The molecule has 0 atom stereocenters. The third-order valence-corrected chi connectivity index (χ3v) is 4.21. The molecule has 0 bridgehead atoms. The van der Waals surface area contributed by atoms with Gasteiger partial charge in [0.25, 0.3) is 5.91 Å². The van der Waals surface area contributed by atoms with Crippen LogP contribution in [0.4, 0.5) is 0 Å². The Labute approximate surface area is 175 Å². The average Bonchev–Trinajstić information content (AvgIpc) is 2.79. The van der Waals surface area contributed by atoms with Crippen LogP contribution in [0.1, 0.15) is 29.3 Å². The smallest absolute Gasteiger partial charge is 0.252 e. The molecule has 0 unspecified atom stereocenters. The highest BCUT2D eigenvalue weighted by Gasteiger charge is 2.07. The second-order valence-corrected chi connectivity index (χ2v) is 6.55. The van der Waals surface area contributed by atoms with Gasteiger partial charge in [0.2, 0.25) is 11.8 Å². The number of hydrogen-bond donors (Lipinski definition) is 2. The molecule has 7 nitrogen and oxygen atoms in total. The SMILES string of the molecule is CCCOc1nc2ccccc2cc1/C=C/C(=O)NCCNC(=O)c1cccnc1. The summed E-state index contributed by atoms with van der Waals surface area (Å²) in [7, 11) is 0. The number of carbonyl (C=O) groups excluding carboxylic acids is 2. The van der Waals surface area contributed by atoms with Gasteiger partial charge in [-0.2, -0.15) is 0 Å². The van der Waals surface area contributed by atoms with Gasteiger partial charge in [-0.3, -0.25) is 14.6 Å². The van der Waals surface area contributed by atoms with Crippen LogP contribution in [0.5, 0.6) is 5.88 Å². The molecule has 3 rings (SSSR count). The summed E-state index contributed by atoms with van der Waals surface area (Å²) in [5, 5.41) is 6.45. The Morgan fingerprint density at radius 2 is 1.93 bits per heavy atom. The Hall–Kier alpha value is -3.74. The molecule has 2 heterocycles. The summed E-state index contributed by atoms with van der Waals surface area (Å²) in [6.07, 6.45) is 7.09. The van der Waals surface area contributed by atoms with Crippen LogP contribution in [-0.4, -0.2) is 41.5 Å². The molecule has 154 valence electrons. The summed E-state index contributed by atoms with van der Waals surface area (Å²) >= 11 is 0. The van der Waals surface area contributed by atoms with Crippen molar-refractivity contribution in [3.63, 3.8) is 0 Å². The number of fused-ring (bicyclic) bond motifs is 1. The molecule has 0 aliphatic heterocycles. The molecule has 0 aliphatic carbocycles. The van der Waals surface area contributed by atoms with E-state index in [1.54, 1.807) is 24.4 Å². The monoisotopic (exact) mass is 404 g/mol. The number of aromatic nitrogens is 2. The van der Waals surface area contributed by atoms with Crippen LogP contribution in [0.25, 0.3) is 17.0 Å². The maximum absolute atomic E-state index is 12.1. The summed E-state index contributed by atoms with van der Waals surface area (Å²) in [5.74, 6) is 0.0106. The van der Waals surface area contributed by atoms with E-state index in [-0.39, 0.29) is 11.8 Å². The molecule has 2 N–H and O–H groups in total. The van der Waals surface area contributed by atoms with Gasteiger partial charge in [0, 0.05) is 42.5 Å². The molecule has 1 aromatic carbocycles. The number of benzene rings is 1. The van der Waals surface area contributed by atoms with Gasteiger partial charge in [0.15, 0.2) is 0 Å². The van der Waals surface area contributed by atoms with Crippen LogP contribution in [-0.2, 0) is 4.79 Å². The summed E-state index contributed by atoms with van der Waals surface area (Å²) in [6.45, 7) is 3.20. The lowest BCUT2D eigenvalue weighted by atomic mass is 10.1. The van der Waals surface area contributed by atoms with Crippen LogP contribution in [0.3, 0.4) is 0 Å². The molecular weight excluding hydrogens is 380 g/mol. The quantitative estimate of drug-likeness (QED) is 0.422. The standard InChI is InChI=1S/C23H24N4O3/c1-2-14-30-23-18(15-17-6-3-4-8-20(17)27-23)9-10-21(28)25-12-13-26-22(29)19-7-5-11-24-16-19/h3-11,15-16H,2,12-14H2,1H3,(H,25,28)(H,26,29)/b10-9+. The van der Waals surface area contributed by atoms with Crippen molar-refractivity contribution in [3.05, 3.63) is 72.1 Å². The fourth-order valence-corrected chi connectivity index (χ4v) is 2.73. The van der Waals surface area contributed by atoms with Gasteiger partial charge in [-0.05, 0) is 36.8 Å². The van der Waals surface area contributed by atoms with Crippen LogP contribution in [0.15, 0.2) is 60.9 Å². The molecule has 0 spiro atoms. The molecule has 0 aliphatic rings. The van der Waals surface area contributed by atoms with Gasteiger partial charge in [-0.15, -0.1) is 0 Å². The highest BCUT2D eigenvalue weighted by atomic mass is 16.5. The second-order valence-electron chi connectivity index (χ2n) is 6.55. The number of nitrogens with one attached hydrogen (secondary N) is 2. The number of ether oxygens (including phenoxy) is 1. The maximum Gasteiger partial charge on any atom is 0.252 e. The van der Waals surface area contributed by atoms with Gasteiger partial charge in [0.1, 0.15) is 0 Å². The number of rotatable bonds is 9. The Morgan fingerprint density at radius 1 is 1.10 bits per heavy atom. The highest BCUT2D eigenvalue weighted by Crippen LogP contribution is 2.23. The van der Waals surface area contributed by atoms with Gasteiger partial charge < -0.3 is 15.4 Å². The predicted octanol–water partition coefficient (Wildman–Crippen LogP) is 2.98. The van der Waals surface area contributed by atoms with Crippen molar-refractivity contribution in [2.45, 2.75) is 13.3 Å². The molecule has 2 aromatic heterocycles. The summed E-state index contributed by atoms with van der Waals surface area (Å²) in [6, 6.07) is 13.1. The van der Waals surface area contributed by atoms with E-state index < -0.39 is 0 Å². The largest absolute Gasteiger partial charge is 0.477 e. The molecule has 0 radical (unpaired) electrons. The molecule has 2 amide bonds. The van der Waals surface area contributed by atoms with Gasteiger partial charge in [-0.25, -0.2) is 4.98 Å². The summed E-state index contributed by atoms with van der Waals surface area (Å²) < 4.78 is 5.75. The van der Waals surface area contributed by atoms with E-state index in [2.05, 4.69) is 20.6 Å². The molecular formula is C23H24N4O3. The zero-order valence-corrected chi connectivity index (χ0v) is 16.8. The number of amides is 2. The predicted molar refractivity (Wildman–Crippen MR) is 116 cm³/mol. The van der Waals surface area contributed by atoms with E-state index in [9.17, 15) is 9.59 Å². The summed E-state index contributed by atoms with van der Waals surface area (Å²) in [4.78, 5) is 32.5. The lowest BCUT2D eigenvalue weighted by Gasteiger charge is -2.09. The Kier molecular flexibility index (Phi) is 7.49. The molecule has 7 heteroatoms. The fraction of sp³-hybridized carbons (Fsp3) is 0.217. The van der Waals surface area contributed by atoms with Crippen molar-refractivity contribution in [3.8, 4) is 5.88 Å². The topological polar surface area (TPSA) is 93.2 Å². The van der Waals surface area contributed by atoms with E-state index in [0.29, 0.717) is 31.1 Å². The van der Waals surface area contributed by atoms with Crippen LogP contribution < -0.4 is 15.4 Å². The lowest BCUT2D eigenvalue weighted by Crippen LogP contribution is -2.34. The Morgan fingerprint density at radius 3 is 2.73 bits per heavy atom. The highest BCUT2D eigenvalue weighted by molar-refractivity contribution is 5.94. The van der Waals surface area contributed by atoms with E-state index in [1.807, 2.05) is 37.3 Å². The zero-order chi connectivity index (χ0) is 21.2. The minimum Gasteiger partial charge on any atom is -0.477 e. The number of carbonyl (C=O) groups is 2. The van der Waals surface area contributed by atoms with Crippen LogP contribution >= 0.6 is 0 Å². The Bertz CT molecular complexity index is 1040. The molecule has 0 saturated carbocycles. The number of nitrogens with zero attached hydrogens (tertiary/aromatic N) is 2. The third-order valence-electron chi connectivity index (χ3n) is 4.21. The zero-order valence-electron chi connectivity index (χ0n) is 16.8. The normalized spacial score (nSPS) is 10.8. The van der Waals surface area contributed by atoms with Crippen molar-refractivity contribution in [1.82, 2.24) is 20.6 Å². The molecule has 3 aromatic rings. The van der Waals surface area contributed by atoms with Crippen molar-refractivity contribution < 1.29 is 14.3 Å². The van der Waals surface area contributed by atoms with Crippen molar-refractivity contribution in [2.24, 2.45) is 0 Å². The van der Waals surface area contributed by atoms with Crippen LogP contribution in [0.2, 0.25) is 0 Å². The van der Waals surface area contributed by atoms with Gasteiger partial charge in [-0.1, -0.05) is 25.1 Å². The first-order valence-electron chi connectivity index (χ1n) is 9.84. The first-order chi connectivity index (χ1) is 14.7. The average molecular weight is 404 g/mol. The lowest BCUT2D eigenvalue weighted by molar-refractivity contribution is -0.116. The van der Waals surface area contributed by atoms with E-state index >= 15 is 0 Å². The second kappa shape index (κ2) is 10.7. The van der Waals surface area contributed by atoms with Gasteiger partial charge >= 0.3 is 0 Å². The van der Waals surface area contributed by atoms with Crippen molar-refractivity contribution in [2.75, 3.05) is 19.7 Å². The van der Waals surface area contributed by atoms with Crippen LogP contribution in [0, 0.1) is 0 Å². The minimum atomic E-state index is -0.264. The van der Waals surface area contributed by atoms with Crippen molar-refractivity contribution in [1.29, 1.82) is 0 Å². The minimum absolute atomic E-state index is 0.229. The van der Waals surface area contributed by atoms with E-state index in [1.165, 1.54) is 12.3 Å². The number of hydrogen-bond acceptors (Lipinski definition) is 5. The first kappa shape index (κ1) is 21.0. The first-order valence-corrected chi connectivity index (χ1v) is 9.84. The molecule has 0 saturated heterocycles. The number of para-hydroxylation sites is 1. The van der Waals surface area contributed by atoms with E-state index in [4.69, 9.17) is 4.74 Å². The third kappa shape index (κ3) is 5.88. The maximum atomic E-state index is 12.1. The van der Waals surface area contributed by atoms with E-state index in [0.717, 1.165) is 22.9 Å². The molecule has 0 fully saturated rings. The fourth-order valence-electron chi connectivity index (χ4n) is 2.73.